The summed E-state index contributed by atoms with van der Waals surface area (Å²) < 4.78 is 23.2. The third-order valence-electron chi connectivity index (χ3n) is 2.48. The number of hydrogen-bond acceptors (Lipinski definition) is 3. The standard InChI is InChI=1S/C14H17FO3/c1-4-10-9-13(17-3)12(15)8-11(10)6-7-14(16)18-5-2/h6-9H,4-5H2,1-3H3/b7-6+. The molecule has 1 rings (SSSR count). The lowest BCUT2D eigenvalue weighted by atomic mass is 10.0. The van der Waals surface area contributed by atoms with E-state index in [4.69, 9.17) is 9.47 Å². The molecule has 4 heteroatoms. The minimum absolute atomic E-state index is 0.208. The molecule has 0 saturated heterocycles. The molecule has 1 aromatic carbocycles. The van der Waals surface area contributed by atoms with E-state index < -0.39 is 11.8 Å². The van der Waals surface area contributed by atoms with Gasteiger partial charge in [0, 0.05) is 6.08 Å². The number of benzene rings is 1. The number of ether oxygens (including phenoxy) is 2. The second-order valence-corrected chi connectivity index (χ2v) is 3.62. The molecule has 0 fully saturated rings. The quantitative estimate of drug-likeness (QED) is 0.597. The summed E-state index contributed by atoms with van der Waals surface area (Å²) in [6.07, 6.45) is 3.57. The molecule has 0 N–H and O–H groups in total. The molecule has 0 bridgehead atoms. The zero-order chi connectivity index (χ0) is 13.5. The van der Waals surface area contributed by atoms with Crippen molar-refractivity contribution in [3.63, 3.8) is 0 Å². The van der Waals surface area contributed by atoms with E-state index in [1.165, 1.54) is 19.3 Å². The second-order valence-electron chi connectivity index (χ2n) is 3.62. The highest BCUT2D eigenvalue weighted by Crippen LogP contribution is 2.23. The van der Waals surface area contributed by atoms with Gasteiger partial charge in [0.2, 0.25) is 0 Å². The average Bonchev–Trinajstić information content (AvgIpc) is 2.36. The van der Waals surface area contributed by atoms with Gasteiger partial charge in [0.15, 0.2) is 11.6 Å². The maximum atomic E-state index is 13.6. The molecule has 0 saturated carbocycles. The smallest absolute Gasteiger partial charge is 0.330 e. The minimum Gasteiger partial charge on any atom is -0.494 e. The number of aryl methyl sites for hydroxylation is 1. The van der Waals surface area contributed by atoms with Crippen LogP contribution in [0.15, 0.2) is 18.2 Å². The molecular weight excluding hydrogens is 235 g/mol. The van der Waals surface area contributed by atoms with Gasteiger partial charge in [0.05, 0.1) is 13.7 Å². The van der Waals surface area contributed by atoms with E-state index in [0.29, 0.717) is 12.2 Å². The molecule has 0 aliphatic rings. The molecule has 98 valence electrons. The molecule has 0 unspecified atom stereocenters. The lowest BCUT2D eigenvalue weighted by Crippen LogP contribution is -1.99. The van der Waals surface area contributed by atoms with Crippen LogP contribution in [0.4, 0.5) is 4.39 Å². The number of carbonyl (C=O) groups excluding carboxylic acids is 1. The Kier molecular flexibility index (Phi) is 5.36. The van der Waals surface area contributed by atoms with E-state index in [1.54, 1.807) is 19.1 Å². The molecule has 0 radical (unpaired) electrons. The van der Waals surface area contributed by atoms with Crippen LogP contribution in [0.25, 0.3) is 6.08 Å². The molecule has 0 heterocycles. The molecular formula is C14H17FO3. The van der Waals surface area contributed by atoms with Crippen molar-refractivity contribution in [3.8, 4) is 5.75 Å². The molecule has 0 aliphatic heterocycles. The van der Waals surface area contributed by atoms with Gasteiger partial charge in [0.1, 0.15) is 0 Å². The zero-order valence-corrected chi connectivity index (χ0v) is 10.8. The Labute approximate surface area is 106 Å². The van der Waals surface area contributed by atoms with E-state index in [0.717, 1.165) is 12.0 Å². The highest BCUT2D eigenvalue weighted by Gasteiger charge is 2.07. The fourth-order valence-electron chi connectivity index (χ4n) is 1.58. The van der Waals surface area contributed by atoms with Crippen LogP contribution in [-0.4, -0.2) is 19.7 Å². The highest BCUT2D eigenvalue weighted by atomic mass is 19.1. The topological polar surface area (TPSA) is 35.5 Å². The first kappa shape index (κ1) is 14.2. The van der Waals surface area contributed by atoms with Crippen LogP contribution in [0.1, 0.15) is 25.0 Å². The fraction of sp³-hybridized carbons (Fsp3) is 0.357. The van der Waals surface area contributed by atoms with E-state index in [-0.39, 0.29) is 5.75 Å². The Morgan fingerprint density at radius 1 is 1.39 bits per heavy atom. The Hall–Kier alpha value is -1.84. The van der Waals surface area contributed by atoms with Crippen molar-refractivity contribution in [1.29, 1.82) is 0 Å². The van der Waals surface area contributed by atoms with Crippen molar-refractivity contribution < 1.29 is 18.7 Å². The summed E-state index contributed by atoms with van der Waals surface area (Å²) in [5, 5.41) is 0. The van der Waals surface area contributed by atoms with Crippen LogP contribution in [-0.2, 0) is 16.0 Å². The van der Waals surface area contributed by atoms with Crippen LogP contribution < -0.4 is 4.74 Å². The van der Waals surface area contributed by atoms with E-state index in [2.05, 4.69) is 0 Å². The summed E-state index contributed by atoms with van der Waals surface area (Å²) >= 11 is 0. The van der Waals surface area contributed by atoms with Gasteiger partial charge < -0.3 is 9.47 Å². The van der Waals surface area contributed by atoms with Crippen LogP contribution in [0.5, 0.6) is 5.75 Å². The van der Waals surface area contributed by atoms with Gasteiger partial charge >= 0.3 is 5.97 Å². The number of hydrogen-bond donors (Lipinski definition) is 0. The van der Waals surface area contributed by atoms with Crippen molar-refractivity contribution in [1.82, 2.24) is 0 Å². The summed E-state index contributed by atoms with van der Waals surface area (Å²) in [6.45, 7) is 4.01. The van der Waals surface area contributed by atoms with Gasteiger partial charge in [-0.3, -0.25) is 0 Å². The largest absolute Gasteiger partial charge is 0.494 e. The molecule has 0 aromatic heterocycles. The number of rotatable bonds is 5. The summed E-state index contributed by atoms with van der Waals surface area (Å²) in [5.41, 5.74) is 1.57. The normalized spacial score (nSPS) is 10.7. The lowest BCUT2D eigenvalue weighted by Gasteiger charge is -2.08. The summed E-state index contributed by atoms with van der Waals surface area (Å²) in [6, 6.07) is 2.99. The Morgan fingerprint density at radius 3 is 2.67 bits per heavy atom. The third kappa shape index (κ3) is 3.58. The van der Waals surface area contributed by atoms with E-state index in [9.17, 15) is 9.18 Å². The zero-order valence-electron chi connectivity index (χ0n) is 10.8. The van der Waals surface area contributed by atoms with Gasteiger partial charge in [-0.25, -0.2) is 9.18 Å². The monoisotopic (exact) mass is 252 g/mol. The Morgan fingerprint density at radius 2 is 2.11 bits per heavy atom. The fourth-order valence-corrected chi connectivity index (χ4v) is 1.58. The van der Waals surface area contributed by atoms with Crippen molar-refractivity contribution in [3.05, 3.63) is 35.2 Å². The van der Waals surface area contributed by atoms with Gasteiger partial charge in [-0.1, -0.05) is 6.92 Å². The summed E-state index contributed by atoms with van der Waals surface area (Å²) in [7, 11) is 1.42. The van der Waals surface area contributed by atoms with Crippen LogP contribution in [0, 0.1) is 5.82 Å². The molecule has 0 spiro atoms. The second kappa shape index (κ2) is 6.79. The first-order valence-electron chi connectivity index (χ1n) is 5.83. The van der Waals surface area contributed by atoms with Crippen molar-refractivity contribution in [2.24, 2.45) is 0 Å². The summed E-state index contributed by atoms with van der Waals surface area (Å²) in [5.74, 6) is -0.672. The van der Waals surface area contributed by atoms with Crippen LogP contribution >= 0.6 is 0 Å². The number of methoxy groups -OCH3 is 1. The van der Waals surface area contributed by atoms with E-state index >= 15 is 0 Å². The van der Waals surface area contributed by atoms with Gasteiger partial charge in [-0.2, -0.15) is 0 Å². The van der Waals surface area contributed by atoms with Crippen LogP contribution in [0.2, 0.25) is 0 Å². The first-order chi connectivity index (χ1) is 8.62. The van der Waals surface area contributed by atoms with Gasteiger partial charge in [-0.05, 0) is 42.7 Å². The predicted molar refractivity (Wildman–Crippen MR) is 68.0 cm³/mol. The highest BCUT2D eigenvalue weighted by molar-refractivity contribution is 5.87. The average molecular weight is 252 g/mol. The van der Waals surface area contributed by atoms with Crippen molar-refractivity contribution in [2.45, 2.75) is 20.3 Å². The number of halogens is 1. The van der Waals surface area contributed by atoms with Crippen LogP contribution in [0.3, 0.4) is 0 Å². The SMILES string of the molecule is CCOC(=O)/C=C/c1cc(F)c(OC)cc1CC. The number of esters is 1. The Balaban J connectivity index is 3.01. The molecule has 0 amide bonds. The maximum absolute atomic E-state index is 13.6. The molecule has 18 heavy (non-hydrogen) atoms. The minimum atomic E-state index is -0.446. The van der Waals surface area contributed by atoms with Crippen molar-refractivity contribution >= 4 is 12.0 Å². The third-order valence-corrected chi connectivity index (χ3v) is 2.48. The number of carbonyl (C=O) groups is 1. The van der Waals surface area contributed by atoms with Crippen molar-refractivity contribution in [2.75, 3.05) is 13.7 Å². The first-order valence-corrected chi connectivity index (χ1v) is 5.83. The molecule has 1 aromatic rings. The van der Waals surface area contributed by atoms with Gasteiger partial charge in [0.25, 0.3) is 0 Å². The summed E-state index contributed by atoms with van der Waals surface area (Å²) in [4.78, 5) is 11.2. The molecule has 0 aliphatic carbocycles. The Bertz CT molecular complexity index is 453. The van der Waals surface area contributed by atoms with Gasteiger partial charge in [-0.15, -0.1) is 0 Å². The lowest BCUT2D eigenvalue weighted by molar-refractivity contribution is -0.137. The maximum Gasteiger partial charge on any atom is 0.330 e. The predicted octanol–water partition coefficient (Wildman–Crippen LogP) is 2.97. The molecule has 0 atom stereocenters. The van der Waals surface area contributed by atoms with E-state index in [1.807, 2.05) is 6.92 Å². The molecule has 3 nitrogen and oxygen atoms in total.